The molecule has 2 nitrogen and oxygen atoms in total. The van der Waals surface area contributed by atoms with E-state index in [2.05, 4.69) is 0 Å². The smallest absolute Gasteiger partial charge is 0.282 e. The van der Waals surface area contributed by atoms with E-state index in [1.54, 1.807) is 13.8 Å². The van der Waals surface area contributed by atoms with Crippen molar-refractivity contribution in [1.82, 2.24) is 0 Å². The van der Waals surface area contributed by atoms with E-state index in [0.717, 1.165) is 0 Å². The summed E-state index contributed by atoms with van der Waals surface area (Å²) in [6.07, 6.45) is 0. The monoisotopic (exact) mass is 250 g/mol. The summed E-state index contributed by atoms with van der Waals surface area (Å²) in [4.78, 5) is 0. The van der Waals surface area contributed by atoms with Crippen LogP contribution in [0.1, 0.15) is 13.8 Å². The van der Waals surface area contributed by atoms with Crippen LogP contribution in [0.5, 0.6) is 0 Å². The van der Waals surface area contributed by atoms with Crippen LogP contribution in [0.25, 0.3) is 0 Å². The molecule has 0 spiro atoms. The molecule has 0 aromatic carbocycles. The van der Waals surface area contributed by atoms with Crippen molar-refractivity contribution in [1.29, 1.82) is 0 Å². The zero-order valence-electron chi connectivity index (χ0n) is 6.97. The molecule has 0 aliphatic heterocycles. The zero-order chi connectivity index (χ0) is 9.94. The van der Waals surface area contributed by atoms with Crippen LogP contribution in [0.3, 0.4) is 0 Å². The second-order valence-electron chi connectivity index (χ2n) is 2.48. The van der Waals surface area contributed by atoms with E-state index in [9.17, 15) is 4.57 Å². The van der Waals surface area contributed by atoms with Gasteiger partial charge in [0.1, 0.15) is 0 Å². The second-order valence-corrected chi connectivity index (χ2v) is 7.61. The van der Waals surface area contributed by atoms with E-state index in [4.69, 9.17) is 38.8 Å². The van der Waals surface area contributed by atoms with Crippen molar-refractivity contribution in [3.8, 4) is 0 Å². The number of hydrogen-bond acceptors (Lipinski definition) is 2. The van der Waals surface area contributed by atoms with E-state index in [0.29, 0.717) is 0 Å². The van der Waals surface area contributed by atoms with Crippen LogP contribution < -0.4 is 0 Å². The minimum absolute atomic E-state index is 0.0123. The molecule has 12 heavy (non-hydrogen) atoms. The number of ether oxygens (including phenoxy) is 1. The van der Waals surface area contributed by atoms with Crippen LogP contribution in [-0.4, -0.2) is 7.11 Å². The lowest BCUT2D eigenvalue weighted by molar-refractivity contribution is 0.316. The molecular formula is C6H10Cl3O2P. The highest BCUT2D eigenvalue weighted by molar-refractivity contribution is 8.11. The first-order valence-corrected chi connectivity index (χ1v) is 7.13. The highest BCUT2D eigenvalue weighted by Crippen LogP contribution is 2.66. The van der Waals surface area contributed by atoms with Crippen molar-refractivity contribution < 1.29 is 9.30 Å². The molecule has 0 aliphatic rings. The fraction of sp³-hybridized carbons (Fsp3) is 0.667. The van der Waals surface area contributed by atoms with Gasteiger partial charge in [0.05, 0.1) is 12.4 Å². The summed E-state index contributed by atoms with van der Waals surface area (Å²) in [7, 11) is 1.37. The summed E-state index contributed by atoms with van der Waals surface area (Å²) in [6.45, 7) is 3.57. The third-order valence-electron chi connectivity index (χ3n) is 1.21. The quantitative estimate of drug-likeness (QED) is 0.550. The molecule has 0 radical (unpaired) electrons. The summed E-state index contributed by atoms with van der Waals surface area (Å²) in [5.41, 5.74) is 0. The second kappa shape index (κ2) is 4.76. The Hall–Kier alpha value is 0.640. The maximum Gasteiger partial charge on any atom is 0.282 e. The van der Waals surface area contributed by atoms with Crippen molar-refractivity contribution in [3.63, 3.8) is 0 Å². The molecule has 0 atom stereocenters. The molecule has 0 amide bonds. The molecule has 0 N–H and O–H groups in total. The van der Waals surface area contributed by atoms with Gasteiger partial charge in [-0.05, 0) is 40.0 Å². The Labute approximate surface area is 86.8 Å². The van der Waals surface area contributed by atoms with Crippen molar-refractivity contribution in [2.75, 3.05) is 7.11 Å². The van der Waals surface area contributed by atoms with E-state index < -0.39 is 5.85 Å². The highest BCUT2D eigenvalue weighted by atomic mass is 35.9. The Morgan fingerprint density at radius 1 is 1.42 bits per heavy atom. The third-order valence-corrected chi connectivity index (χ3v) is 4.07. The fourth-order valence-corrected chi connectivity index (χ4v) is 4.10. The molecule has 72 valence electrons. The van der Waals surface area contributed by atoms with Gasteiger partial charge >= 0.3 is 0 Å². The van der Waals surface area contributed by atoms with Crippen LogP contribution in [0.4, 0.5) is 0 Å². The van der Waals surface area contributed by atoms with Gasteiger partial charge in [-0.15, -0.1) is 0 Å². The lowest BCUT2D eigenvalue weighted by Gasteiger charge is -2.13. The van der Waals surface area contributed by atoms with Crippen molar-refractivity contribution in [2.24, 2.45) is 5.92 Å². The van der Waals surface area contributed by atoms with Gasteiger partial charge in [0.2, 0.25) is 0 Å². The molecule has 0 heterocycles. The number of methoxy groups -OCH3 is 1. The summed E-state index contributed by atoms with van der Waals surface area (Å²) >= 11 is 16.6. The van der Waals surface area contributed by atoms with Crippen LogP contribution >= 0.6 is 39.9 Å². The molecular weight excluding hydrogens is 241 g/mol. The molecule has 0 rings (SSSR count). The molecule has 0 fully saturated rings. The summed E-state index contributed by atoms with van der Waals surface area (Å²) in [5.74, 6) is -3.44. The van der Waals surface area contributed by atoms with Crippen molar-refractivity contribution >= 4 is 39.9 Å². The first-order valence-electron chi connectivity index (χ1n) is 3.24. The zero-order valence-corrected chi connectivity index (χ0v) is 10.1. The minimum Gasteiger partial charge on any atom is -0.486 e. The Kier molecular flexibility index (Phi) is 5.01. The van der Waals surface area contributed by atoms with Gasteiger partial charge in [-0.1, -0.05) is 13.8 Å². The molecule has 0 unspecified atom stereocenters. The number of halogens is 3. The van der Waals surface area contributed by atoms with Gasteiger partial charge in [-0.2, -0.15) is 0 Å². The Bertz CT molecular complexity index is 231. The first kappa shape index (κ1) is 12.6. The van der Waals surface area contributed by atoms with Crippen molar-refractivity contribution in [3.05, 3.63) is 10.5 Å². The normalized spacial score (nSPS) is 14.6. The van der Waals surface area contributed by atoms with Gasteiger partial charge in [-0.3, -0.25) is 4.57 Å². The molecule has 0 saturated heterocycles. The number of hydrogen-bond donors (Lipinski definition) is 0. The first-order chi connectivity index (χ1) is 5.30. The Balaban J connectivity index is 5.07. The molecule has 0 aromatic rings. The molecule has 0 aromatic heterocycles. The minimum atomic E-state index is -3.34. The predicted octanol–water partition coefficient (Wildman–Crippen LogP) is 4.37. The standard InChI is InChI=1S/C6H10Cl3O2P/c1-4(2)5(6(7)11-3)12(8,9)10/h4H,1-3H3/b6-5-. The van der Waals surface area contributed by atoms with Crippen LogP contribution in [0.2, 0.25) is 0 Å². The predicted molar refractivity (Wildman–Crippen MR) is 54.0 cm³/mol. The SMILES string of the molecule is CO/C(Cl)=C(/C(C)C)P(=O)(Cl)Cl. The number of allylic oxidation sites excluding steroid dienone is 1. The summed E-state index contributed by atoms with van der Waals surface area (Å²) in [6, 6.07) is 0. The Morgan fingerprint density at radius 2 is 1.83 bits per heavy atom. The van der Waals surface area contributed by atoms with Crippen LogP contribution in [0.15, 0.2) is 10.5 Å². The highest BCUT2D eigenvalue weighted by Gasteiger charge is 2.28. The largest absolute Gasteiger partial charge is 0.486 e. The topological polar surface area (TPSA) is 26.3 Å². The maximum atomic E-state index is 11.3. The van der Waals surface area contributed by atoms with Gasteiger partial charge in [0, 0.05) is 0 Å². The lowest BCUT2D eigenvalue weighted by atomic mass is 10.2. The van der Waals surface area contributed by atoms with Gasteiger partial charge in [-0.25, -0.2) is 0 Å². The third kappa shape index (κ3) is 3.57. The van der Waals surface area contributed by atoms with E-state index >= 15 is 0 Å². The lowest BCUT2D eigenvalue weighted by Crippen LogP contribution is -1.94. The molecule has 0 bridgehead atoms. The average Bonchev–Trinajstić information content (AvgIpc) is 1.83. The Morgan fingerprint density at radius 3 is 1.92 bits per heavy atom. The molecule has 0 saturated carbocycles. The van der Waals surface area contributed by atoms with E-state index in [1.165, 1.54) is 7.11 Å². The van der Waals surface area contributed by atoms with Crippen molar-refractivity contribution in [2.45, 2.75) is 13.8 Å². The van der Waals surface area contributed by atoms with Gasteiger partial charge in [0.15, 0.2) is 5.22 Å². The summed E-state index contributed by atoms with van der Waals surface area (Å²) in [5, 5.41) is 0.272. The van der Waals surface area contributed by atoms with Crippen LogP contribution in [-0.2, 0) is 9.30 Å². The summed E-state index contributed by atoms with van der Waals surface area (Å²) < 4.78 is 16.0. The number of rotatable bonds is 3. The van der Waals surface area contributed by atoms with Crippen LogP contribution in [0, 0.1) is 5.92 Å². The molecule has 0 aliphatic carbocycles. The molecule has 6 heteroatoms. The van der Waals surface area contributed by atoms with Gasteiger partial charge in [0.25, 0.3) is 5.85 Å². The average molecular weight is 251 g/mol. The van der Waals surface area contributed by atoms with E-state index in [-0.39, 0.29) is 16.5 Å². The van der Waals surface area contributed by atoms with E-state index in [1.807, 2.05) is 0 Å². The fourth-order valence-electron chi connectivity index (χ4n) is 0.734. The maximum absolute atomic E-state index is 11.3. The van der Waals surface area contributed by atoms with Gasteiger partial charge < -0.3 is 4.74 Å².